The first kappa shape index (κ1) is 35.9. The highest BCUT2D eigenvalue weighted by Gasteiger charge is 2.50. The minimum Gasteiger partial charge on any atom is -0.461 e. The minimum absolute atomic E-state index is 0.0426. The maximum atomic E-state index is 15.5. The Labute approximate surface area is 294 Å². The second-order valence-corrected chi connectivity index (χ2v) is 14.6. The summed E-state index contributed by atoms with van der Waals surface area (Å²) in [4.78, 5) is 11.6. The van der Waals surface area contributed by atoms with Crippen LogP contribution in [-0.4, -0.2) is 70.6 Å². The summed E-state index contributed by atoms with van der Waals surface area (Å²) >= 11 is 0.511. The first-order chi connectivity index (χ1) is 24.5. The van der Waals surface area contributed by atoms with Gasteiger partial charge in [0, 0.05) is 54.7 Å². The Bertz CT molecular complexity index is 2180. The molecule has 3 N–H and O–H groups in total. The molecule has 0 unspecified atom stereocenters. The van der Waals surface area contributed by atoms with Crippen molar-refractivity contribution in [1.82, 2.24) is 14.9 Å². The Morgan fingerprint density at radius 1 is 1.17 bits per heavy atom. The van der Waals surface area contributed by atoms with Gasteiger partial charge in [-0.1, -0.05) is 6.07 Å². The number of thiophene rings is 1. The Morgan fingerprint density at radius 2 is 1.92 bits per heavy atom. The number of benzene rings is 2. The van der Waals surface area contributed by atoms with Gasteiger partial charge >= 0.3 is 18.4 Å². The van der Waals surface area contributed by atoms with Gasteiger partial charge in [-0.3, -0.25) is 4.90 Å². The molecule has 5 atom stereocenters. The Morgan fingerprint density at radius 3 is 2.58 bits per heavy atom. The van der Waals surface area contributed by atoms with Crippen molar-refractivity contribution in [3.05, 3.63) is 40.7 Å². The van der Waals surface area contributed by atoms with Gasteiger partial charge < -0.3 is 20.5 Å². The predicted octanol–water partition coefficient (Wildman–Crippen LogP) is 7.20. The van der Waals surface area contributed by atoms with E-state index in [1.54, 1.807) is 6.07 Å². The van der Waals surface area contributed by atoms with Crippen molar-refractivity contribution < 1.29 is 45.0 Å². The lowest BCUT2D eigenvalue weighted by Crippen LogP contribution is -2.54. The Kier molecular flexibility index (Phi) is 8.66. The third kappa shape index (κ3) is 5.71. The standard InChI is InChI=1S/C34H29F8N7O2S/c1-48(22-10-23(50)16(22)5-7-43)30-18-9-20(33(37,38)39)25(17-3-4-21(36)28-24(17)19(12-44)29(45)52-28)26(34(40,41)42)27(18)46-31(47-30)51-14-32-6-2-8-49(32)13-15(35)11-32/h3-4,9,15-16,22-23,50H,2,5-6,8,10-11,13-14,45H2,1H3/t15-,16-,22-,23+,32+/m1/s1. The maximum absolute atomic E-state index is 15.5. The van der Waals surface area contributed by atoms with E-state index in [1.165, 1.54) is 11.9 Å². The van der Waals surface area contributed by atoms with Gasteiger partial charge in [-0.25, -0.2) is 8.78 Å². The van der Waals surface area contributed by atoms with Crippen molar-refractivity contribution in [3.63, 3.8) is 0 Å². The highest BCUT2D eigenvalue weighted by Crippen LogP contribution is 2.53. The van der Waals surface area contributed by atoms with Crippen molar-refractivity contribution in [3.8, 4) is 29.3 Å². The van der Waals surface area contributed by atoms with E-state index >= 15 is 26.3 Å². The van der Waals surface area contributed by atoms with Crippen LogP contribution in [0.15, 0.2) is 18.2 Å². The fourth-order valence-electron chi connectivity index (χ4n) is 8.14. The first-order valence-corrected chi connectivity index (χ1v) is 17.0. The number of anilines is 2. The molecule has 2 aromatic carbocycles. The zero-order valence-electron chi connectivity index (χ0n) is 27.2. The average Bonchev–Trinajstić information content (AvgIpc) is 3.72. The number of alkyl halides is 7. The van der Waals surface area contributed by atoms with E-state index in [4.69, 9.17) is 10.5 Å². The normalized spacial score (nSPS) is 24.8. The number of rotatable bonds is 7. The predicted molar refractivity (Wildman–Crippen MR) is 175 cm³/mol. The summed E-state index contributed by atoms with van der Waals surface area (Å²) < 4.78 is 127. The molecule has 0 spiro atoms. The van der Waals surface area contributed by atoms with E-state index in [1.807, 2.05) is 11.0 Å². The van der Waals surface area contributed by atoms with E-state index in [2.05, 4.69) is 9.97 Å². The summed E-state index contributed by atoms with van der Waals surface area (Å²) in [6, 6.07) is 4.21. The second kappa shape index (κ2) is 12.6. The summed E-state index contributed by atoms with van der Waals surface area (Å²) in [5.74, 6) is -2.08. The largest absolute Gasteiger partial charge is 0.461 e. The third-order valence-electron chi connectivity index (χ3n) is 10.6. The number of fused-ring (bicyclic) bond motifs is 3. The second-order valence-electron chi connectivity index (χ2n) is 13.5. The van der Waals surface area contributed by atoms with E-state index < -0.39 is 103 Å². The molecule has 2 aromatic heterocycles. The van der Waals surface area contributed by atoms with Gasteiger partial charge in [-0.2, -0.15) is 46.8 Å². The summed E-state index contributed by atoms with van der Waals surface area (Å²) in [6.07, 6.45) is -11.8. The molecule has 0 amide bonds. The molecule has 2 aliphatic heterocycles. The van der Waals surface area contributed by atoms with Gasteiger partial charge in [0.25, 0.3) is 0 Å². The number of ether oxygens (including phenoxy) is 1. The minimum atomic E-state index is -5.53. The summed E-state index contributed by atoms with van der Waals surface area (Å²) in [5.41, 5.74) is -2.11. The molecule has 1 saturated carbocycles. The van der Waals surface area contributed by atoms with E-state index in [9.17, 15) is 24.4 Å². The molecule has 4 aromatic rings. The van der Waals surface area contributed by atoms with E-state index in [-0.39, 0.29) is 43.2 Å². The Balaban J connectivity index is 1.53. The lowest BCUT2D eigenvalue weighted by Gasteiger charge is -2.46. The van der Waals surface area contributed by atoms with E-state index in [0.717, 1.165) is 12.5 Å². The zero-order valence-corrected chi connectivity index (χ0v) is 28.1. The molecule has 4 heterocycles. The molecule has 2 saturated heterocycles. The molecule has 3 fully saturated rings. The van der Waals surface area contributed by atoms with Gasteiger partial charge in [0.05, 0.1) is 44.6 Å². The number of nitriles is 2. The van der Waals surface area contributed by atoms with Crippen molar-refractivity contribution in [2.24, 2.45) is 5.92 Å². The lowest BCUT2D eigenvalue weighted by atomic mass is 9.74. The fraction of sp³-hybridized carbons (Fsp3) is 0.471. The van der Waals surface area contributed by atoms with Crippen molar-refractivity contribution in [2.75, 3.05) is 37.4 Å². The number of aliphatic hydroxyl groups excluding tert-OH is 1. The summed E-state index contributed by atoms with van der Waals surface area (Å²) in [6.45, 7) is 0.507. The molecule has 0 radical (unpaired) electrons. The molecular formula is C34H29F8N7O2S. The number of halogens is 8. The zero-order chi connectivity index (χ0) is 37.5. The van der Waals surface area contributed by atoms with Gasteiger partial charge in [0.1, 0.15) is 35.5 Å². The van der Waals surface area contributed by atoms with Crippen LogP contribution in [0.5, 0.6) is 6.01 Å². The first-order valence-electron chi connectivity index (χ1n) is 16.2. The molecule has 18 heteroatoms. The molecule has 7 rings (SSSR count). The molecular weight excluding hydrogens is 722 g/mol. The number of aromatic nitrogens is 2. The fourth-order valence-corrected chi connectivity index (χ4v) is 9.09. The number of nitrogens with two attached hydrogens (primary N) is 1. The van der Waals surface area contributed by atoms with Crippen LogP contribution < -0.4 is 15.4 Å². The SMILES string of the molecule is CN(c1nc(OC[C@@]23CCCN2C[C@H](F)C3)nc2c(C(F)(F)F)c(-c3ccc(F)c4sc(N)c(C#N)c34)c(C(F)(F)F)cc12)[C@@H]1C[C@H](O)[C@@H]1CC#N. The number of aliphatic hydroxyl groups is 1. The van der Waals surface area contributed by atoms with Crippen LogP contribution in [0.2, 0.25) is 0 Å². The van der Waals surface area contributed by atoms with Crippen LogP contribution in [-0.2, 0) is 12.4 Å². The number of nitrogens with zero attached hydrogens (tertiary/aromatic N) is 6. The molecule has 52 heavy (non-hydrogen) atoms. The highest BCUT2D eigenvalue weighted by molar-refractivity contribution is 7.23. The summed E-state index contributed by atoms with van der Waals surface area (Å²) in [7, 11) is 1.37. The maximum Gasteiger partial charge on any atom is 0.419 e. The van der Waals surface area contributed by atoms with Crippen LogP contribution in [0, 0.1) is 34.4 Å². The van der Waals surface area contributed by atoms with Crippen LogP contribution in [0.1, 0.15) is 48.8 Å². The molecule has 274 valence electrons. The topological polar surface area (TPSA) is 135 Å². The summed E-state index contributed by atoms with van der Waals surface area (Å²) in [5, 5.41) is 28.1. The van der Waals surface area contributed by atoms with Crippen LogP contribution in [0.3, 0.4) is 0 Å². The van der Waals surface area contributed by atoms with Gasteiger partial charge in [0.2, 0.25) is 0 Å². The number of hydrogen-bond donors (Lipinski definition) is 2. The highest BCUT2D eigenvalue weighted by atomic mass is 32.1. The van der Waals surface area contributed by atoms with Gasteiger partial charge in [-0.15, -0.1) is 11.3 Å². The Hall–Kier alpha value is -4.52. The average molecular weight is 752 g/mol. The van der Waals surface area contributed by atoms with Gasteiger partial charge in [0.15, 0.2) is 0 Å². The molecule has 3 aliphatic rings. The monoisotopic (exact) mass is 751 g/mol. The van der Waals surface area contributed by atoms with Crippen molar-refractivity contribution in [2.45, 2.75) is 68.3 Å². The van der Waals surface area contributed by atoms with Gasteiger partial charge in [-0.05, 0) is 43.5 Å². The van der Waals surface area contributed by atoms with Crippen LogP contribution >= 0.6 is 11.3 Å². The van der Waals surface area contributed by atoms with Crippen LogP contribution in [0.4, 0.5) is 45.9 Å². The van der Waals surface area contributed by atoms with Crippen LogP contribution in [0.25, 0.3) is 32.1 Å². The smallest absolute Gasteiger partial charge is 0.419 e. The number of nitrogen functional groups attached to an aromatic ring is 1. The molecule has 9 nitrogen and oxygen atoms in total. The lowest BCUT2D eigenvalue weighted by molar-refractivity contribution is -0.141. The quantitative estimate of drug-likeness (QED) is 0.188. The number of hydrogen-bond acceptors (Lipinski definition) is 10. The molecule has 0 bridgehead atoms. The van der Waals surface area contributed by atoms with E-state index in [0.29, 0.717) is 36.4 Å². The molecule has 1 aliphatic carbocycles. The van der Waals surface area contributed by atoms with Crippen molar-refractivity contribution in [1.29, 1.82) is 10.5 Å². The van der Waals surface area contributed by atoms with Crippen molar-refractivity contribution >= 4 is 43.1 Å². The third-order valence-corrected chi connectivity index (χ3v) is 11.6.